The van der Waals surface area contributed by atoms with E-state index in [-0.39, 0.29) is 30.1 Å². The summed E-state index contributed by atoms with van der Waals surface area (Å²) in [4.78, 5) is 37.4. The predicted molar refractivity (Wildman–Crippen MR) is 109 cm³/mol. The molecule has 2 fully saturated rings. The van der Waals surface area contributed by atoms with Crippen LogP contribution in [0.25, 0.3) is 0 Å². The summed E-state index contributed by atoms with van der Waals surface area (Å²) in [5.41, 5.74) is 1.07. The Labute approximate surface area is 184 Å². The number of rotatable bonds is 5. The maximum atomic E-state index is 13.7. The number of carbonyl (C=O) groups is 2. The van der Waals surface area contributed by atoms with Gasteiger partial charge >= 0.3 is 0 Å². The number of morpholine rings is 1. The van der Waals surface area contributed by atoms with Crippen LogP contribution >= 0.6 is 0 Å². The number of benzene rings is 1. The van der Waals surface area contributed by atoms with Gasteiger partial charge in [0.15, 0.2) is 18.2 Å². The van der Waals surface area contributed by atoms with Crippen molar-refractivity contribution >= 4 is 11.8 Å². The lowest BCUT2D eigenvalue weighted by Crippen LogP contribution is -2.41. The van der Waals surface area contributed by atoms with Crippen molar-refractivity contribution < 1.29 is 27.8 Å². The molecule has 32 heavy (non-hydrogen) atoms. The van der Waals surface area contributed by atoms with Gasteiger partial charge in [0.25, 0.3) is 11.8 Å². The molecule has 0 N–H and O–H groups in total. The zero-order valence-electron chi connectivity index (χ0n) is 17.7. The summed E-state index contributed by atoms with van der Waals surface area (Å²) in [5, 5.41) is 0. The van der Waals surface area contributed by atoms with Crippen LogP contribution in [0.5, 0.6) is 5.75 Å². The number of aryl methyl sites for hydroxylation is 1. The highest BCUT2D eigenvalue weighted by atomic mass is 19.1. The van der Waals surface area contributed by atoms with E-state index >= 15 is 0 Å². The monoisotopic (exact) mass is 446 g/mol. The molecule has 2 amide bonds. The molecule has 1 aromatic carbocycles. The summed E-state index contributed by atoms with van der Waals surface area (Å²) >= 11 is 0. The number of ether oxygens (including phenoxy) is 2. The van der Waals surface area contributed by atoms with E-state index < -0.39 is 11.6 Å². The molecule has 2 aliphatic heterocycles. The number of amides is 2. The third-order valence-electron chi connectivity index (χ3n) is 5.68. The molecule has 0 bridgehead atoms. The van der Waals surface area contributed by atoms with Crippen LogP contribution in [0, 0.1) is 18.6 Å². The predicted octanol–water partition coefficient (Wildman–Crippen LogP) is 1.93. The minimum Gasteiger partial charge on any atom is -0.481 e. The van der Waals surface area contributed by atoms with E-state index in [1.807, 2.05) is 0 Å². The summed E-state index contributed by atoms with van der Waals surface area (Å²) in [6, 6.07) is 2.93. The highest BCUT2D eigenvalue weighted by molar-refractivity contribution is 5.95. The molecule has 0 spiro atoms. The van der Waals surface area contributed by atoms with Gasteiger partial charge < -0.3 is 19.3 Å². The van der Waals surface area contributed by atoms with E-state index in [0.717, 1.165) is 12.1 Å². The minimum absolute atomic E-state index is 0.0623. The van der Waals surface area contributed by atoms with Gasteiger partial charge in [-0.15, -0.1) is 0 Å². The van der Waals surface area contributed by atoms with Gasteiger partial charge in [-0.1, -0.05) is 0 Å². The van der Waals surface area contributed by atoms with Crippen LogP contribution < -0.4 is 4.74 Å². The minimum atomic E-state index is -0.854. The number of aromatic nitrogens is 2. The number of hydrogen-bond acceptors (Lipinski definition) is 6. The number of carbonyl (C=O) groups excluding carboxylic acids is 2. The Balaban J connectivity index is 1.34. The van der Waals surface area contributed by atoms with Crippen molar-refractivity contribution in [1.82, 2.24) is 19.8 Å². The lowest BCUT2D eigenvalue weighted by molar-refractivity contribution is -0.132. The van der Waals surface area contributed by atoms with Crippen molar-refractivity contribution in [3.8, 4) is 5.75 Å². The van der Waals surface area contributed by atoms with Gasteiger partial charge in [-0.25, -0.2) is 18.7 Å². The number of hydrogen-bond donors (Lipinski definition) is 0. The second-order valence-electron chi connectivity index (χ2n) is 7.82. The molecule has 0 aliphatic carbocycles. The zero-order chi connectivity index (χ0) is 22.7. The fourth-order valence-corrected chi connectivity index (χ4v) is 3.85. The number of likely N-dealkylation sites (tertiary alicyclic amines) is 1. The van der Waals surface area contributed by atoms with Gasteiger partial charge in [-0.3, -0.25) is 9.59 Å². The molecular weight excluding hydrogens is 422 g/mol. The second kappa shape index (κ2) is 9.56. The Hall–Kier alpha value is -3.14. The van der Waals surface area contributed by atoms with Crippen LogP contribution in [-0.2, 0) is 9.53 Å². The molecule has 170 valence electrons. The van der Waals surface area contributed by atoms with Gasteiger partial charge in [-0.2, -0.15) is 0 Å². The van der Waals surface area contributed by atoms with E-state index in [4.69, 9.17) is 9.47 Å². The standard InChI is InChI=1S/C22H24F2N4O4/c1-14-17(22(30)27-6-8-31-9-7-27)11-25-21(26-14)15-4-5-28(12-15)20(29)13-32-19-3-2-16(23)10-18(19)24/h2-3,10-11,15H,4-9,12-13H2,1H3. The quantitative estimate of drug-likeness (QED) is 0.698. The maximum absolute atomic E-state index is 13.7. The lowest BCUT2D eigenvalue weighted by atomic mass is 10.1. The van der Waals surface area contributed by atoms with Crippen molar-refractivity contribution in [2.45, 2.75) is 19.3 Å². The van der Waals surface area contributed by atoms with Crippen LogP contribution in [0.1, 0.15) is 34.2 Å². The number of halogens is 2. The van der Waals surface area contributed by atoms with Gasteiger partial charge in [0.1, 0.15) is 11.6 Å². The van der Waals surface area contributed by atoms with Crippen molar-refractivity contribution in [2.75, 3.05) is 46.0 Å². The topological polar surface area (TPSA) is 84.9 Å². The third-order valence-corrected chi connectivity index (χ3v) is 5.68. The molecule has 2 aliphatic rings. The Kier molecular flexibility index (Phi) is 6.59. The summed E-state index contributed by atoms with van der Waals surface area (Å²) in [7, 11) is 0. The van der Waals surface area contributed by atoms with Crippen molar-refractivity contribution in [3.05, 3.63) is 53.1 Å². The van der Waals surface area contributed by atoms with Crippen molar-refractivity contribution in [2.24, 2.45) is 0 Å². The van der Waals surface area contributed by atoms with Gasteiger partial charge in [0.2, 0.25) is 0 Å². The maximum Gasteiger partial charge on any atom is 0.260 e. The molecule has 1 unspecified atom stereocenters. The highest BCUT2D eigenvalue weighted by Gasteiger charge is 2.30. The van der Waals surface area contributed by atoms with Crippen LogP contribution in [-0.4, -0.2) is 77.6 Å². The van der Waals surface area contributed by atoms with E-state index in [1.54, 1.807) is 22.9 Å². The first-order valence-corrected chi connectivity index (χ1v) is 10.5. The fraction of sp³-hybridized carbons (Fsp3) is 0.455. The number of nitrogens with zero attached hydrogens (tertiary/aromatic N) is 4. The summed E-state index contributed by atoms with van der Waals surface area (Å²) in [5.74, 6) is -1.62. The summed E-state index contributed by atoms with van der Waals surface area (Å²) in [6.07, 6.45) is 2.23. The molecule has 3 heterocycles. The van der Waals surface area contributed by atoms with E-state index in [2.05, 4.69) is 9.97 Å². The normalized spacial score (nSPS) is 18.7. The molecule has 8 nitrogen and oxygen atoms in total. The average molecular weight is 446 g/mol. The Bertz CT molecular complexity index is 1010. The Morgan fingerprint density at radius 3 is 2.69 bits per heavy atom. The molecule has 4 rings (SSSR count). The van der Waals surface area contributed by atoms with Crippen LogP contribution in [0.4, 0.5) is 8.78 Å². The van der Waals surface area contributed by atoms with E-state index in [9.17, 15) is 18.4 Å². The molecular formula is C22H24F2N4O4. The summed E-state index contributed by atoms with van der Waals surface area (Å²) in [6.45, 7) is 4.47. The molecule has 0 radical (unpaired) electrons. The molecule has 2 saturated heterocycles. The summed E-state index contributed by atoms with van der Waals surface area (Å²) < 4.78 is 37.1. The smallest absolute Gasteiger partial charge is 0.260 e. The van der Waals surface area contributed by atoms with Gasteiger partial charge in [0, 0.05) is 44.4 Å². The molecule has 2 aromatic rings. The average Bonchev–Trinajstić information content (AvgIpc) is 3.29. The molecule has 10 heteroatoms. The largest absolute Gasteiger partial charge is 0.481 e. The van der Waals surface area contributed by atoms with Crippen LogP contribution in [0.3, 0.4) is 0 Å². The van der Waals surface area contributed by atoms with Gasteiger partial charge in [0.05, 0.1) is 24.5 Å². The first-order valence-electron chi connectivity index (χ1n) is 10.5. The van der Waals surface area contributed by atoms with Crippen molar-refractivity contribution in [3.63, 3.8) is 0 Å². The van der Waals surface area contributed by atoms with E-state index in [0.29, 0.717) is 69.0 Å². The molecule has 1 atom stereocenters. The zero-order valence-corrected chi connectivity index (χ0v) is 17.7. The Morgan fingerprint density at radius 1 is 1.19 bits per heavy atom. The first kappa shape index (κ1) is 22.1. The van der Waals surface area contributed by atoms with Gasteiger partial charge in [-0.05, 0) is 25.5 Å². The first-order chi connectivity index (χ1) is 15.4. The van der Waals surface area contributed by atoms with Crippen molar-refractivity contribution in [1.29, 1.82) is 0 Å². The third kappa shape index (κ3) is 4.85. The second-order valence-corrected chi connectivity index (χ2v) is 7.82. The lowest BCUT2D eigenvalue weighted by Gasteiger charge is -2.27. The van der Waals surface area contributed by atoms with Crippen LogP contribution in [0.2, 0.25) is 0 Å². The Morgan fingerprint density at radius 2 is 1.97 bits per heavy atom. The van der Waals surface area contributed by atoms with Crippen LogP contribution in [0.15, 0.2) is 24.4 Å². The molecule has 1 aromatic heterocycles. The highest BCUT2D eigenvalue weighted by Crippen LogP contribution is 2.26. The molecule has 0 saturated carbocycles. The SMILES string of the molecule is Cc1nc(C2CCN(C(=O)COc3ccc(F)cc3F)C2)ncc1C(=O)N1CCOCC1. The fourth-order valence-electron chi connectivity index (χ4n) is 3.85. The van der Waals surface area contributed by atoms with E-state index in [1.165, 1.54) is 0 Å².